The number of ether oxygens (including phenoxy) is 1. The van der Waals surface area contributed by atoms with Crippen molar-refractivity contribution in [2.45, 2.75) is 95.2 Å². The van der Waals surface area contributed by atoms with Crippen LogP contribution in [0.2, 0.25) is 0 Å². The van der Waals surface area contributed by atoms with Gasteiger partial charge in [0.05, 0.1) is 31.8 Å². The fraction of sp³-hybridized carbons (Fsp3) is 0.594. The number of amides is 5. The number of nitrogens with zero attached hydrogens (tertiary/aromatic N) is 3. The van der Waals surface area contributed by atoms with Crippen molar-refractivity contribution in [2.75, 3.05) is 26.7 Å². The lowest BCUT2D eigenvalue weighted by atomic mass is 10.00. The van der Waals surface area contributed by atoms with Crippen molar-refractivity contribution < 1.29 is 32.7 Å². The van der Waals surface area contributed by atoms with E-state index in [-0.39, 0.29) is 49.1 Å². The van der Waals surface area contributed by atoms with Crippen molar-refractivity contribution in [3.63, 3.8) is 0 Å². The van der Waals surface area contributed by atoms with E-state index in [9.17, 15) is 24.0 Å². The van der Waals surface area contributed by atoms with Gasteiger partial charge >= 0.3 is 11.9 Å². The van der Waals surface area contributed by atoms with Gasteiger partial charge in [-0.2, -0.15) is 0 Å². The van der Waals surface area contributed by atoms with Crippen LogP contribution in [0.4, 0.5) is 4.79 Å². The van der Waals surface area contributed by atoms with E-state index in [1.807, 2.05) is 24.3 Å². The molecule has 0 radical (unpaired) electrons. The van der Waals surface area contributed by atoms with Crippen LogP contribution in [-0.4, -0.2) is 95.4 Å². The normalized spacial score (nSPS) is 25.1. The van der Waals surface area contributed by atoms with Crippen LogP contribution in [0.15, 0.2) is 37.9 Å². The Morgan fingerprint density at radius 3 is 2.50 bits per heavy atom. The molecule has 1 aliphatic carbocycles. The fourth-order valence-corrected chi connectivity index (χ4v) is 6.55. The molecule has 0 bridgehead atoms. The molecule has 46 heavy (non-hydrogen) atoms. The van der Waals surface area contributed by atoms with Crippen LogP contribution in [-0.2, 0) is 20.9 Å². The van der Waals surface area contributed by atoms with Crippen molar-refractivity contribution in [2.24, 2.45) is 0 Å². The molecule has 5 atom stereocenters. The average molecular weight is 639 g/mol. The van der Waals surface area contributed by atoms with Gasteiger partial charge in [0.1, 0.15) is 23.6 Å². The number of hydrogen-bond donors (Lipinski definition) is 3. The number of urea groups is 1. The van der Waals surface area contributed by atoms with Gasteiger partial charge in [0.2, 0.25) is 17.7 Å². The zero-order valence-corrected chi connectivity index (χ0v) is 26.5. The molecule has 4 aliphatic rings. The Morgan fingerprint density at radius 2 is 1.76 bits per heavy atom. The molecule has 14 heteroatoms. The van der Waals surface area contributed by atoms with Gasteiger partial charge in [-0.05, 0) is 59.1 Å². The highest BCUT2D eigenvalue weighted by atomic mass is 16.6. The number of nitrogens with one attached hydrogen (secondary N) is 3. The molecule has 3 N–H and O–H groups in total. The third-order valence-electron chi connectivity index (χ3n) is 9.55. The summed E-state index contributed by atoms with van der Waals surface area (Å²) in [6.07, 6.45) is 4.08. The van der Waals surface area contributed by atoms with Gasteiger partial charge in [-0.25, -0.2) is 9.59 Å². The lowest BCUT2D eigenvalue weighted by Gasteiger charge is -2.39. The predicted molar refractivity (Wildman–Crippen MR) is 164 cm³/mol. The summed E-state index contributed by atoms with van der Waals surface area (Å²) < 4.78 is 15.8. The molecule has 1 aromatic heterocycles. The summed E-state index contributed by atoms with van der Waals surface area (Å²) in [7, 11) is 1.69. The molecular weight excluding hydrogens is 596 g/mol. The highest BCUT2D eigenvalue weighted by Gasteiger charge is 2.46. The van der Waals surface area contributed by atoms with E-state index < -0.39 is 29.9 Å². The van der Waals surface area contributed by atoms with Gasteiger partial charge in [0.15, 0.2) is 5.76 Å². The summed E-state index contributed by atoms with van der Waals surface area (Å²) >= 11 is 0. The Labute approximate surface area is 266 Å². The summed E-state index contributed by atoms with van der Waals surface area (Å²) in [5, 5.41) is 9.04. The second-order valence-corrected chi connectivity index (χ2v) is 12.8. The molecule has 0 spiro atoms. The molecule has 1 aromatic carbocycles. The zero-order chi connectivity index (χ0) is 32.5. The number of likely N-dealkylation sites (N-methyl/N-ethyl adjacent to an activating group) is 1. The largest absolute Gasteiger partial charge is 0.519 e. The number of benzene rings is 1. The monoisotopic (exact) mass is 638 g/mol. The molecule has 2 saturated heterocycles. The number of carbonyl (C=O) groups excluding carboxylic acids is 4. The third-order valence-corrected chi connectivity index (χ3v) is 9.55. The van der Waals surface area contributed by atoms with Crippen molar-refractivity contribution in [3.05, 3.63) is 52.0 Å². The first kappa shape index (κ1) is 31.6. The van der Waals surface area contributed by atoms with Crippen molar-refractivity contribution in [1.82, 2.24) is 30.7 Å². The van der Waals surface area contributed by atoms with Crippen LogP contribution in [0.25, 0.3) is 0 Å². The van der Waals surface area contributed by atoms with E-state index >= 15 is 0 Å². The Morgan fingerprint density at radius 1 is 0.978 bits per heavy atom. The summed E-state index contributed by atoms with van der Waals surface area (Å²) in [5.74, 6) is -0.522. The molecule has 6 rings (SSSR count). The maximum atomic E-state index is 14.3. The quantitative estimate of drug-likeness (QED) is 0.388. The Balaban J connectivity index is 1.19. The van der Waals surface area contributed by atoms with Crippen molar-refractivity contribution >= 4 is 23.8 Å². The van der Waals surface area contributed by atoms with Crippen LogP contribution in [0.5, 0.6) is 5.75 Å². The van der Waals surface area contributed by atoms with E-state index in [1.54, 1.807) is 35.6 Å². The SMILES string of the molecule is Cc1oc(=O)oc1CN(C)[C@@H](C)C(=O)N[C@H]1CN(C(=O)NC2CC2)CC[C@H]2CC[C@@H](C(=O)N[C@@H]3CCOc4ccccc43)N2C1=O. The average Bonchev–Trinajstić information content (AvgIpc) is 3.65. The second kappa shape index (κ2) is 13.2. The highest BCUT2D eigenvalue weighted by Crippen LogP contribution is 2.34. The smallest absolute Gasteiger partial charge is 0.493 e. The van der Waals surface area contributed by atoms with Gasteiger partial charge in [-0.3, -0.25) is 19.3 Å². The van der Waals surface area contributed by atoms with Gasteiger partial charge in [-0.15, -0.1) is 0 Å². The van der Waals surface area contributed by atoms with E-state index in [2.05, 4.69) is 16.0 Å². The van der Waals surface area contributed by atoms with Gasteiger partial charge in [-0.1, -0.05) is 18.2 Å². The third kappa shape index (κ3) is 6.76. The summed E-state index contributed by atoms with van der Waals surface area (Å²) in [6, 6.07) is 4.49. The van der Waals surface area contributed by atoms with E-state index in [0.717, 1.165) is 24.2 Å². The lowest BCUT2D eigenvalue weighted by Crippen LogP contribution is -2.63. The first-order valence-corrected chi connectivity index (χ1v) is 16.1. The first-order valence-electron chi connectivity index (χ1n) is 16.1. The molecule has 248 valence electrons. The van der Waals surface area contributed by atoms with E-state index in [1.165, 1.54) is 0 Å². The second-order valence-electron chi connectivity index (χ2n) is 12.8. The Bertz CT molecular complexity index is 1530. The topological polar surface area (TPSA) is 167 Å². The molecule has 1 saturated carbocycles. The number of aryl methyl sites for hydroxylation is 1. The summed E-state index contributed by atoms with van der Waals surface area (Å²) in [5.41, 5.74) is 0.904. The maximum Gasteiger partial charge on any atom is 0.519 e. The molecule has 4 heterocycles. The number of rotatable bonds is 8. The van der Waals surface area contributed by atoms with Crippen molar-refractivity contribution in [3.8, 4) is 5.75 Å². The molecule has 3 fully saturated rings. The van der Waals surface area contributed by atoms with E-state index in [0.29, 0.717) is 50.4 Å². The molecule has 0 unspecified atom stereocenters. The molecule has 2 aromatic rings. The van der Waals surface area contributed by atoms with Gasteiger partial charge in [0.25, 0.3) is 0 Å². The standard InChI is InChI=1S/C32H42N6O8/c1-18(36(3)17-27-19(2)45-32(43)46-27)28(39)35-24-16-37(31(42)33-20-8-9-20)14-12-21-10-11-25(38(21)30(24)41)29(40)34-23-13-15-44-26-7-5-4-6-22(23)26/h4-7,18,20-21,23-25H,8-17H2,1-3H3,(H,33,42)(H,34,40)(H,35,39)/t18-,21+,23+,24-,25-/m0/s1. The Kier molecular flexibility index (Phi) is 9.07. The number of hydrogen-bond acceptors (Lipinski definition) is 9. The molecule has 5 amide bonds. The summed E-state index contributed by atoms with van der Waals surface area (Å²) in [4.78, 5) is 71.3. The van der Waals surface area contributed by atoms with Crippen LogP contribution in [0.3, 0.4) is 0 Å². The van der Waals surface area contributed by atoms with Crippen LogP contribution >= 0.6 is 0 Å². The van der Waals surface area contributed by atoms with Crippen LogP contribution < -0.4 is 26.5 Å². The van der Waals surface area contributed by atoms with Crippen LogP contribution in [0.1, 0.15) is 68.6 Å². The summed E-state index contributed by atoms with van der Waals surface area (Å²) in [6.45, 7) is 4.24. The number of para-hydroxylation sites is 1. The predicted octanol–water partition coefficient (Wildman–Crippen LogP) is 1.42. The highest BCUT2D eigenvalue weighted by molar-refractivity contribution is 5.94. The lowest BCUT2D eigenvalue weighted by molar-refractivity contribution is -0.145. The number of fused-ring (bicyclic) bond motifs is 2. The minimum Gasteiger partial charge on any atom is -0.493 e. The van der Waals surface area contributed by atoms with Gasteiger partial charge in [0, 0.05) is 30.6 Å². The number of carbonyl (C=O) groups is 4. The van der Waals surface area contributed by atoms with E-state index in [4.69, 9.17) is 13.6 Å². The van der Waals surface area contributed by atoms with Gasteiger partial charge < -0.3 is 39.3 Å². The first-order chi connectivity index (χ1) is 22.1. The minimum absolute atomic E-state index is 0.0276. The fourth-order valence-electron chi connectivity index (χ4n) is 6.55. The molecular formula is C32H42N6O8. The Hall–Kier alpha value is -4.33. The maximum absolute atomic E-state index is 14.3. The van der Waals surface area contributed by atoms with Crippen molar-refractivity contribution in [1.29, 1.82) is 0 Å². The molecule has 3 aliphatic heterocycles. The minimum atomic E-state index is -1.07. The zero-order valence-electron chi connectivity index (χ0n) is 26.5. The van der Waals surface area contributed by atoms with Crippen LogP contribution in [0, 0.1) is 6.92 Å². The molecule has 14 nitrogen and oxygen atoms in total.